The van der Waals surface area contributed by atoms with Crippen LogP contribution in [0, 0.1) is 5.41 Å². The molecule has 0 spiro atoms. The molecule has 0 bridgehead atoms. The molecule has 0 saturated heterocycles. The minimum absolute atomic E-state index is 0.329. The van der Waals surface area contributed by atoms with Crippen LogP contribution in [0.4, 0.5) is 0 Å². The van der Waals surface area contributed by atoms with Crippen LogP contribution in [-0.2, 0) is 4.79 Å². The molecule has 0 aliphatic carbocycles. The normalized spacial score (nSPS) is 14.5. The molecule has 0 radical (unpaired) electrons. The Bertz CT molecular complexity index is 201. The van der Waals surface area contributed by atoms with Crippen molar-refractivity contribution in [2.75, 3.05) is 0 Å². The molecule has 0 rings (SSSR count). The third-order valence-electron chi connectivity index (χ3n) is 3.69. The summed E-state index contributed by atoms with van der Waals surface area (Å²) in [5.74, 6) is -0.656. The monoisotopic (exact) mass is 242 g/mol. The molecule has 0 amide bonds. The average molecular weight is 242 g/mol. The zero-order valence-electron chi connectivity index (χ0n) is 11.9. The lowest BCUT2D eigenvalue weighted by Crippen LogP contribution is -2.17. The number of carboxylic acids is 1. The highest BCUT2D eigenvalue weighted by atomic mass is 16.4. The van der Waals surface area contributed by atoms with Gasteiger partial charge in [0, 0.05) is 6.42 Å². The van der Waals surface area contributed by atoms with Crippen molar-refractivity contribution in [2.45, 2.75) is 85.0 Å². The van der Waals surface area contributed by atoms with Crippen LogP contribution < -0.4 is 0 Å². The smallest absolute Gasteiger partial charge is 0.303 e. The van der Waals surface area contributed by atoms with E-state index in [1.165, 1.54) is 44.9 Å². The van der Waals surface area contributed by atoms with E-state index in [2.05, 4.69) is 20.8 Å². The van der Waals surface area contributed by atoms with Gasteiger partial charge in [-0.3, -0.25) is 4.79 Å². The van der Waals surface area contributed by atoms with Crippen LogP contribution in [-0.4, -0.2) is 11.1 Å². The Morgan fingerprint density at radius 3 is 2.00 bits per heavy atom. The van der Waals surface area contributed by atoms with Gasteiger partial charge in [-0.05, 0) is 31.1 Å². The molecule has 0 heterocycles. The predicted molar refractivity (Wildman–Crippen MR) is 73.3 cm³/mol. The molecular formula is C15H30O2. The molecular weight excluding hydrogens is 212 g/mol. The predicted octanol–water partition coefficient (Wildman–Crippen LogP) is 5.02. The Morgan fingerprint density at radius 1 is 0.941 bits per heavy atom. The van der Waals surface area contributed by atoms with Crippen molar-refractivity contribution in [1.29, 1.82) is 0 Å². The lowest BCUT2D eigenvalue weighted by molar-refractivity contribution is -0.137. The Hall–Kier alpha value is -0.530. The summed E-state index contributed by atoms with van der Waals surface area (Å²) in [6.45, 7) is 6.80. The van der Waals surface area contributed by atoms with Crippen molar-refractivity contribution >= 4 is 5.97 Å². The first-order valence-electron chi connectivity index (χ1n) is 7.26. The molecule has 0 aliphatic heterocycles. The van der Waals surface area contributed by atoms with Gasteiger partial charge in [0.2, 0.25) is 0 Å². The van der Waals surface area contributed by atoms with Crippen LogP contribution in [0.2, 0.25) is 0 Å². The molecule has 0 aromatic rings. The van der Waals surface area contributed by atoms with E-state index < -0.39 is 5.97 Å². The fraction of sp³-hybridized carbons (Fsp3) is 0.933. The summed E-state index contributed by atoms with van der Waals surface area (Å²) in [6.07, 6.45) is 11.1. The zero-order valence-corrected chi connectivity index (χ0v) is 11.9. The highest BCUT2D eigenvalue weighted by molar-refractivity contribution is 5.66. The van der Waals surface area contributed by atoms with E-state index in [1.807, 2.05) is 0 Å². The molecule has 1 N–H and O–H groups in total. The van der Waals surface area contributed by atoms with E-state index in [0.717, 1.165) is 12.8 Å². The van der Waals surface area contributed by atoms with Crippen LogP contribution in [0.3, 0.4) is 0 Å². The van der Waals surface area contributed by atoms with Gasteiger partial charge in [0.15, 0.2) is 0 Å². The quantitative estimate of drug-likeness (QED) is 0.517. The summed E-state index contributed by atoms with van der Waals surface area (Å²) in [5.41, 5.74) is 0.376. The van der Waals surface area contributed by atoms with Crippen LogP contribution in [0.15, 0.2) is 0 Å². The van der Waals surface area contributed by atoms with E-state index >= 15 is 0 Å². The van der Waals surface area contributed by atoms with Crippen LogP contribution >= 0.6 is 0 Å². The Balaban J connectivity index is 4.03. The van der Waals surface area contributed by atoms with Gasteiger partial charge in [0.1, 0.15) is 0 Å². The summed E-state index contributed by atoms with van der Waals surface area (Å²) in [4.78, 5) is 10.6. The minimum Gasteiger partial charge on any atom is -0.481 e. The van der Waals surface area contributed by atoms with Gasteiger partial charge in [-0.25, -0.2) is 0 Å². The summed E-state index contributed by atoms with van der Waals surface area (Å²) < 4.78 is 0. The van der Waals surface area contributed by atoms with Gasteiger partial charge >= 0.3 is 5.97 Å². The molecule has 2 heteroatoms. The highest BCUT2D eigenvalue weighted by Crippen LogP contribution is 2.36. The second kappa shape index (κ2) is 9.49. The van der Waals surface area contributed by atoms with E-state index in [-0.39, 0.29) is 0 Å². The fourth-order valence-corrected chi connectivity index (χ4v) is 2.45. The topological polar surface area (TPSA) is 37.3 Å². The Morgan fingerprint density at radius 2 is 1.47 bits per heavy atom. The summed E-state index contributed by atoms with van der Waals surface area (Å²) in [7, 11) is 0. The standard InChI is InChI=1S/C15H30O2/c1-4-6-8-12-15(3,11-7-5-2)13-9-10-14(16)17/h4-13H2,1-3H3,(H,16,17). The van der Waals surface area contributed by atoms with E-state index in [1.54, 1.807) is 0 Å². The number of carbonyl (C=O) groups is 1. The van der Waals surface area contributed by atoms with Gasteiger partial charge in [0.25, 0.3) is 0 Å². The number of hydrogen-bond donors (Lipinski definition) is 1. The largest absolute Gasteiger partial charge is 0.481 e. The molecule has 102 valence electrons. The van der Waals surface area contributed by atoms with E-state index in [9.17, 15) is 4.79 Å². The molecule has 1 unspecified atom stereocenters. The maximum absolute atomic E-state index is 10.6. The lowest BCUT2D eigenvalue weighted by Gasteiger charge is -2.29. The second-order valence-electron chi connectivity index (χ2n) is 5.62. The first-order valence-corrected chi connectivity index (χ1v) is 7.26. The van der Waals surface area contributed by atoms with Crippen LogP contribution in [0.5, 0.6) is 0 Å². The van der Waals surface area contributed by atoms with Gasteiger partial charge in [-0.1, -0.05) is 52.9 Å². The molecule has 0 aliphatic rings. The van der Waals surface area contributed by atoms with Gasteiger partial charge in [-0.2, -0.15) is 0 Å². The molecule has 17 heavy (non-hydrogen) atoms. The SMILES string of the molecule is CCCCCC(C)(CCCC)CCCC(=O)O. The van der Waals surface area contributed by atoms with Crippen LogP contribution in [0.1, 0.15) is 85.0 Å². The molecule has 0 aromatic heterocycles. The third kappa shape index (κ3) is 9.20. The molecule has 1 atom stereocenters. The Kier molecular flexibility index (Phi) is 9.20. The first-order chi connectivity index (χ1) is 8.04. The molecule has 0 aromatic carbocycles. The summed E-state index contributed by atoms with van der Waals surface area (Å²) in [5, 5.41) is 8.70. The number of rotatable bonds is 11. The summed E-state index contributed by atoms with van der Waals surface area (Å²) >= 11 is 0. The third-order valence-corrected chi connectivity index (χ3v) is 3.69. The second-order valence-corrected chi connectivity index (χ2v) is 5.62. The Labute approximate surface area is 107 Å². The zero-order chi connectivity index (χ0) is 13.1. The van der Waals surface area contributed by atoms with E-state index in [0.29, 0.717) is 11.8 Å². The number of hydrogen-bond acceptors (Lipinski definition) is 1. The van der Waals surface area contributed by atoms with Crippen molar-refractivity contribution in [3.05, 3.63) is 0 Å². The van der Waals surface area contributed by atoms with Crippen molar-refractivity contribution in [2.24, 2.45) is 5.41 Å². The fourth-order valence-electron chi connectivity index (χ4n) is 2.45. The van der Waals surface area contributed by atoms with Crippen LogP contribution in [0.25, 0.3) is 0 Å². The maximum Gasteiger partial charge on any atom is 0.303 e. The summed E-state index contributed by atoms with van der Waals surface area (Å²) in [6, 6.07) is 0. The van der Waals surface area contributed by atoms with Gasteiger partial charge < -0.3 is 5.11 Å². The van der Waals surface area contributed by atoms with Crippen molar-refractivity contribution in [3.63, 3.8) is 0 Å². The average Bonchev–Trinajstić information content (AvgIpc) is 2.26. The molecule has 0 saturated carbocycles. The molecule has 0 fully saturated rings. The van der Waals surface area contributed by atoms with Crippen molar-refractivity contribution in [3.8, 4) is 0 Å². The molecule has 2 nitrogen and oxygen atoms in total. The maximum atomic E-state index is 10.6. The number of unbranched alkanes of at least 4 members (excludes halogenated alkanes) is 3. The number of carboxylic acid groups (broad SMARTS) is 1. The van der Waals surface area contributed by atoms with E-state index in [4.69, 9.17) is 5.11 Å². The lowest BCUT2D eigenvalue weighted by atomic mass is 9.76. The minimum atomic E-state index is -0.656. The van der Waals surface area contributed by atoms with Gasteiger partial charge in [-0.15, -0.1) is 0 Å². The number of aliphatic carboxylic acids is 1. The van der Waals surface area contributed by atoms with Crippen molar-refractivity contribution < 1.29 is 9.90 Å². The van der Waals surface area contributed by atoms with Gasteiger partial charge in [0.05, 0.1) is 0 Å². The highest BCUT2D eigenvalue weighted by Gasteiger charge is 2.22. The van der Waals surface area contributed by atoms with Crippen molar-refractivity contribution in [1.82, 2.24) is 0 Å². The first kappa shape index (κ1) is 16.5.